The Bertz CT molecular complexity index is 535. The molecule has 0 radical (unpaired) electrons. The minimum absolute atomic E-state index is 0.101. The van der Waals surface area contributed by atoms with Crippen molar-refractivity contribution in [1.29, 1.82) is 0 Å². The molecule has 20 heavy (non-hydrogen) atoms. The quantitative estimate of drug-likeness (QED) is 0.839. The summed E-state index contributed by atoms with van der Waals surface area (Å²) in [7, 11) is 0. The predicted octanol–water partition coefficient (Wildman–Crippen LogP) is 3.01. The lowest BCUT2D eigenvalue weighted by Crippen LogP contribution is -2.37. The van der Waals surface area contributed by atoms with Gasteiger partial charge in [-0.3, -0.25) is 4.79 Å². The highest BCUT2D eigenvalue weighted by atomic mass is 32.1. The van der Waals surface area contributed by atoms with Crippen molar-refractivity contribution in [3.8, 4) is 0 Å². The molecule has 1 saturated carbocycles. The van der Waals surface area contributed by atoms with Crippen molar-refractivity contribution in [3.63, 3.8) is 0 Å². The number of hydrogen-bond donors (Lipinski definition) is 2. The Hall–Kier alpha value is -1.62. The molecule has 5 heteroatoms. The van der Waals surface area contributed by atoms with Crippen LogP contribution < -0.4 is 5.32 Å². The minimum Gasteiger partial charge on any atom is -0.478 e. The molecule has 1 fully saturated rings. The Kier molecular flexibility index (Phi) is 4.60. The third kappa shape index (κ3) is 3.28. The summed E-state index contributed by atoms with van der Waals surface area (Å²) in [4.78, 5) is 23.4. The first kappa shape index (κ1) is 14.8. The molecule has 108 valence electrons. The number of carboxylic acids is 1. The SMILES string of the molecule is CC1CCC(NC(=O)c2sccc2C=CC(=O)O)C1C. The predicted molar refractivity (Wildman–Crippen MR) is 79.8 cm³/mol. The van der Waals surface area contributed by atoms with Gasteiger partial charge in [0.2, 0.25) is 0 Å². The number of carbonyl (C=O) groups excluding carboxylic acids is 1. The van der Waals surface area contributed by atoms with Crippen molar-refractivity contribution >= 4 is 29.3 Å². The summed E-state index contributed by atoms with van der Waals surface area (Å²) in [6.45, 7) is 4.38. The van der Waals surface area contributed by atoms with E-state index in [1.54, 1.807) is 11.4 Å². The molecule has 2 N–H and O–H groups in total. The standard InChI is InChI=1S/C15H19NO3S/c1-9-3-5-12(10(9)2)16-15(19)14-11(7-8-20-14)4-6-13(17)18/h4,6-10,12H,3,5H2,1-2H3,(H,16,19)(H,17,18). The Morgan fingerprint density at radius 3 is 2.75 bits per heavy atom. The first-order valence-electron chi connectivity index (χ1n) is 6.78. The van der Waals surface area contributed by atoms with Crippen molar-refractivity contribution in [3.05, 3.63) is 28.0 Å². The van der Waals surface area contributed by atoms with Gasteiger partial charge in [0.25, 0.3) is 5.91 Å². The molecule has 3 atom stereocenters. The van der Waals surface area contributed by atoms with E-state index in [0.717, 1.165) is 18.9 Å². The lowest BCUT2D eigenvalue weighted by molar-refractivity contribution is -0.131. The molecule has 0 aliphatic heterocycles. The summed E-state index contributed by atoms with van der Waals surface area (Å²) in [5.74, 6) is 0.00345. The molecule has 4 nitrogen and oxygen atoms in total. The van der Waals surface area contributed by atoms with Crippen LogP contribution in [0.5, 0.6) is 0 Å². The average Bonchev–Trinajstić information content (AvgIpc) is 2.98. The second kappa shape index (κ2) is 6.22. The van der Waals surface area contributed by atoms with Gasteiger partial charge in [0.1, 0.15) is 0 Å². The van der Waals surface area contributed by atoms with E-state index in [1.807, 2.05) is 0 Å². The van der Waals surface area contributed by atoms with E-state index in [9.17, 15) is 9.59 Å². The van der Waals surface area contributed by atoms with Gasteiger partial charge >= 0.3 is 5.97 Å². The molecule has 0 aromatic carbocycles. The van der Waals surface area contributed by atoms with Gasteiger partial charge in [0, 0.05) is 12.1 Å². The van der Waals surface area contributed by atoms with Crippen LogP contribution >= 0.6 is 11.3 Å². The number of hydrogen-bond acceptors (Lipinski definition) is 3. The van der Waals surface area contributed by atoms with Gasteiger partial charge in [-0.15, -0.1) is 11.3 Å². The Morgan fingerprint density at radius 2 is 2.15 bits per heavy atom. The third-order valence-electron chi connectivity index (χ3n) is 4.09. The molecule has 1 aromatic rings. The smallest absolute Gasteiger partial charge is 0.328 e. The number of rotatable bonds is 4. The third-order valence-corrected chi connectivity index (χ3v) is 5.02. The Balaban J connectivity index is 2.07. The van der Waals surface area contributed by atoms with E-state index in [4.69, 9.17) is 5.11 Å². The molecule has 1 aromatic heterocycles. The van der Waals surface area contributed by atoms with Gasteiger partial charge in [-0.2, -0.15) is 0 Å². The fourth-order valence-corrected chi connectivity index (χ4v) is 3.39. The van der Waals surface area contributed by atoms with Crippen molar-refractivity contribution in [2.24, 2.45) is 11.8 Å². The summed E-state index contributed by atoms with van der Waals surface area (Å²) in [5.41, 5.74) is 0.661. The van der Waals surface area contributed by atoms with Crippen molar-refractivity contribution < 1.29 is 14.7 Å². The zero-order chi connectivity index (χ0) is 14.7. The number of aliphatic carboxylic acids is 1. The number of amides is 1. The summed E-state index contributed by atoms with van der Waals surface area (Å²) in [6, 6.07) is 1.98. The molecule has 0 saturated heterocycles. The van der Waals surface area contributed by atoms with Gasteiger partial charge in [0.15, 0.2) is 0 Å². The lowest BCUT2D eigenvalue weighted by Gasteiger charge is -2.19. The molecule has 2 rings (SSSR count). The van der Waals surface area contributed by atoms with E-state index in [0.29, 0.717) is 22.3 Å². The number of nitrogens with one attached hydrogen (secondary N) is 1. The van der Waals surface area contributed by atoms with Crippen LogP contribution in [-0.4, -0.2) is 23.0 Å². The van der Waals surface area contributed by atoms with Crippen LogP contribution in [0.15, 0.2) is 17.5 Å². The van der Waals surface area contributed by atoms with Gasteiger partial charge < -0.3 is 10.4 Å². The zero-order valence-electron chi connectivity index (χ0n) is 11.6. The highest BCUT2D eigenvalue weighted by Gasteiger charge is 2.31. The van der Waals surface area contributed by atoms with Crippen molar-refractivity contribution in [2.45, 2.75) is 32.7 Å². The van der Waals surface area contributed by atoms with Gasteiger partial charge in [0.05, 0.1) is 4.88 Å². The molecule has 1 amide bonds. The largest absolute Gasteiger partial charge is 0.478 e. The number of thiophene rings is 1. The molecular formula is C15H19NO3S. The maximum absolute atomic E-state index is 12.3. The molecule has 1 aliphatic carbocycles. The van der Waals surface area contributed by atoms with E-state index < -0.39 is 5.97 Å². The topological polar surface area (TPSA) is 66.4 Å². The summed E-state index contributed by atoms with van der Waals surface area (Å²) < 4.78 is 0. The van der Waals surface area contributed by atoms with Crippen LogP contribution in [0.2, 0.25) is 0 Å². The van der Waals surface area contributed by atoms with Crippen molar-refractivity contribution in [2.75, 3.05) is 0 Å². The fraction of sp³-hybridized carbons (Fsp3) is 0.467. The van der Waals surface area contributed by atoms with Crippen LogP contribution in [0.3, 0.4) is 0 Å². The zero-order valence-corrected chi connectivity index (χ0v) is 12.4. The highest BCUT2D eigenvalue weighted by molar-refractivity contribution is 7.12. The maximum Gasteiger partial charge on any atom is 0.328 e. The number of carbonyl (C=O) groups is 2. The molecule has 0 bridgehead atoms. The summed E-state index contributed by atoms with van der Waals surface area (Å²) >= 11 is 1.34. The maximum atomic E-state index is 12.3. The molecule has 1 aliphatic rings. The van der Waals surface area contributed by atoms with Crippen LogP contribution in [0.25, 0.3) is 6.08 Å². The summed E-state index contributed by atoms with van der Waals surface area (Å²) in [5, 5.41) is 13.5. The first-order chi connectivity index (χ1) is 9.49. The lowest BCUT2D eigenvalue weighted by atomic mass is 9.98. The molecular weight excluding hydrogens is 274 g/mol. The second-order valence-corrected chi connectivity index (χ2v) is 6.29. The molecule has 3 unspecified atom stereocenters. The van der Waals surface area contributed by atoms with E-state index in [-0.39, 0.29) is 11.9 Å². The van der Waals surface area contributed by atoms with E-state index in [1.165, 1.54) is 17.4 Å². The van der Waals surface area contributed by atoms with Crippen molar-refractivity contribution in [1.82, 2.24) is 5.32 Å². The van der Waals surface area contributed by atoms with E-state index >= 15 is 0 Å². The monoisotopic (exact) mass is 293 g/mol. The van der Waals surface area contributed by atoms with Gasteiger partial charge in [-0.05, 0) is 47.8 Å². The summed E-state index contributed by atoms with van der Waals surface area (Å²) in [6.07, 6.45) is 4.68. The van der Waals surface area contributed by atoms with Crippen LogP contribution in [0.4, 0.5) is 0 Å². The number of carboxylic acid groups (broad SMARTS) is 1. The van der Waals surface area contributed by atoms with Crippen LogP contribution in [0, 0.1) is 11.8 Å². The fourth-order valence-electron chi connectivity index (χ4n) is 2.60. The second-order valence-electron chi connectivity index (χ2n) is 5.37. The van der Waals surface area contributed by atoms with Crippen LogP contribution in [0.1, 0.15) is 41.9 Å². The minimum atomic E-state index is -1.01. The van der Waals surface area contributed by atoms with Crippen LogP contribution in [-0.2, 0) is 4.79 Å². The molecule has 1 heterocycles. The van der Waals surface area contributed by atoms with E-state index in [2.05, 4.69) is 19.2 Å². The first-order valence-corrected chi connectivity index (χ1v) is 7.66. The van der Waals surface area contributed by atoms with Gasteiger partial charge in [-0.1, -0.05) is 13.8 Å². The Labute approximate surface area is 122 Å². The average molecular weight is 293 g/mol. The normalized spacial score (nSPS) is 26.0. The highest BCUT2D eigenvalue weighted by Crippen LogP contribution is 2.31. The molecule has 0 spiro atoms. The van der Waals surface area contributed by atoms with Gasteiger partial charge in [-0.25, -0.2) is 4.79 Å². The Morgan fingerprint density at radius 1 is 1.40 bits per heavy atom.